The van der Waals surface area contributed by atoms with Crippen molar-refractivity contribution in [3.63, 3.8) is 0 Å². The average Bonchev–Trinajstić information content (AvgIpc) is 3.67. The van der Waals surface area contributed by atoms with Crippen molar-refractivity contribution in [3.05, 3.63) is 134 Å². The lowest BCUT2D eigenvalue weighted by atomic mass is 10.1. The maximum Gasteiger partial charge on any atom is 0.117 e. The van der Waals surface area contributed by atoms with Crippen LogP contribution in [0, 0.1) is 0 Å². The van der Waals surface area contributed by atoms with E-state index < -0.39 is 16.1 Å². The number of para-hydroxylation sites is 4. The molecule has 238 valence electrons. The standard InChI is InChI=1S/C44H34N4Si2/c1-49(2)39-21-19-27(23-37(39)47-35-15-7-5-11-29(35)31-13-9-17-41(49)43(31)47)33-25-46-34(26-45-33)28-20-22-40-38(24-28)48-36-16-8-6-12-30(36)32-14-10-18-42(44(32)48)50(40,3)4/h5-26H,1-4H3. The summed E-state index contributed by atoms with van der Waals surface area (Å²) in [5.41, 5.74) is 11.8. The van der Waals surface area contributed by atoms with Crippen LogP contribution in [0.4, 0.5) is 0 Å². The zero-order valence-electron chi connectivity index (χ0n) is 28.5. The van der Waals surface area contributed by atoms with Crippen molar-refractivity contribution in [2.24, 2.45) is 0 Å². The SMILES string of the molecule is C[Si]1(C)c2ccc(-c3cnc(-c4ccc5c(c4)-n4c6ccccc6c6cccc(c64)[Si]5(C)C)cn3)cc2-n2c3ccccc3c3cccc1c32. The van der Waals surface area contributed by atoms with Crippen LogP contribution in [0.15, 0.2) is 134 Å². The van der Waals surface area contributed by atoms with Crippen molar-refractivity contribution in [3.8, 4) is 33.9 Å². The molecule has 3 aromatic heterocycles. The van der Waals surface area contributed by atoms with Crippen molar-refractivity contribution >= 4 is 80.5 Å². The van der Waals surface area contributed by atoms with Gasteiger partial charge in [-0.05, 0) is 45.0 Å². The number of aromatic nitrogens is 4. The molecular formula is C44H34N4Si2. The van der Waals surface area contributed by atoms with Gasteiger partial charge in [0, 0.05) is 44.0 Å². The van der Waals surface area contributed by atoms with Gasteiger partial charge in [-0.15, -0.1) is 0 Å². The molecule has 0 saturated carbocycles. The van der Waals surface area contributed by atoms with E-state index in [1.165, 1.54) is 75.7 Å². The summed E-state index contributed by atoms with van der Waals surface area (Å²) in [6.07, 6.45) is 3.91. The summed E-state index contributed by atoms with van der Waals surface area (Å²) < 4.78 is 4.99. The molecule has 0 spiro atoms. The Morgan fingerprint density at radius 1 is 0.420 bits per heavy atom. The number of hydrogen-bond acceptors (Lipinski definition) is 2. The minimum Gasteiger partial charge on any atom is -0.309 e. The van der Waals surface area contributed by atoms with Crippen molar-refractivity contribution < 1.29 is 0 Å². The van der Waals surface area contributed by atoms with Gasteiger partial charge in [0.2, 0.25) is 0 Å². The second kappa shape index (κ2) is 9.56. The quantitative estimate of drug-likeness (QED) is 0.173. The van der Waals surface area contributed by atoms with Crippen LogP contribution < -0.4 is 20.7 Å². The lowest BCUT2D eigenvalue weighted by Crippen LogP contribution is -2.57. The molecule has 4 nitrogen and oxygen atoms in total. The molecule has 0 fully saturated rings. The number of hydrogen-bond donors (Lipinski definition) is 0. The number of fused-ring (bicyclic) bond motifs is 10. The van der Waals surface area contributed by atoms with Crippen LogP contribution in [0.3, 0.4) is 0 Å². The van der Waals surface area contributed by atoms with Crippen LogP contribution in [0.2, 0.25) is 26.2 Å². The largest absolute Gasteiger partial charge is 0.309 e. The molecule has 11 rings (SSSR count). The normalized spacial score (nSPS) is 15.1. The van der Waals surface area contributed by atoms with Crippen LogP contribution >= 0.6 is 0 Å². The lowest BCUT2D eigenvalue weighted by Gasteiger charge is -2.33. The Hall–Kier alpha value is -5.57. The summed E-state index contributed by atoms with van der Waals surface area (Å²) in [5, 5.41) is 11.2. The fourth-order valence-corrected chi connectivity index (χ4v) is 15.2. The van der Waals surface area contributed by atoms with E-state index in [1.54, 1.807) is 0 Å². The van der Waals surface area contributed by atoms with Gasteiger partial charge in [-0.25, -0.2) is 0 Å². The maximum absolute atomic E-state index is 5.05. The Balaban J connectivity index is 1.04. The van der Waals surface area contributed by atoms with Crippen molar-refractivity contribution in [1.29, 1.82) is 0 Å². The van der Waals surface area contributed by atoms with E-state index in [9.17, 15) is 0 Å². The molecule has 2 aliphatic rings. The molecule has 0 unspecified atom stereocenters. The molecule has 0 saturated heterocycles. The fourth-order valence-electron chi connectivity index (χ4n) is 9.27. The van der Waals surface area contributed by atoms with E-state index in [2.05, 4.69) is 157 Å². The summed E-state index contributed by atoms with van der Waals surface area (Å²) in [6.45, 7) is 9.94. The molecule has 6 aromatic carbocycles. The summed E-state index contributed by atoms with van der Waals surface area (Å²) in [7, 11) is -3.86. The van der Waals surface area contributed by atoms with Gasteiger partial charge in [0.15, 0.2) is 0 Å². The monoisotopic (exact) mass is 674 g/mol. The fraction of sp³-hybridized carbons (Fsp3) is 0.0909. The third kappa shape index (κ3) is 3.49. The topological polar surface area (TPSA) is 35.6 Å². The summed E-state index contributed by atoms with van der Waals surface area (Å²) >= 11 is 0. The van der Waals surface area contributed by atoms with E-state index in [0.29, 0.717) is 0 Å². The Labute approximate surface area is 292 Å². The van der Waals surface area contributed by atoms with Crippen LogP contribution in [0.5, 0.6) is 0 Å². The summed E-state index contributed by atoms with van der Waals surface area (Å²) in [6, 6.07) is 45.3. The molecule has 0 atom stereocenters. The molecule has 0 N–H and O–H groups in total. The first-order valence-corrected chi connectivity index (χ1v) is 23.5. The molecule has 6 heteroatoms. The highest BCUT2D eigenvalue weighted by molar-refractivity contribution is 7.03. The van der Waals surface area contributed by atoms with Crippen LogP contribution in [0.1, 0.15) is 0 Å². The third-order valence-corrected chi connectivity index (χ3v) is 18.8. The highest BCUT2D eigenvalue weighted by atomic mass is 28.3. The zero-order valence-corrected chi connectivity index (χ0v) is 30.5. The molecule has 0 amide bonds. The van der Waals surface area contributed by atoms with Crippen molar-refractivity contribution in [1.82, 2.24) is 19.1 Å². The van der Waals surface area contributed by atoms with E-state index >= 15 is 0 Å². The second-order valence-corrected chi connectivity index (χ2v) is 23.8. The molecule has 9 aromatic rings. The third-order valence-electron chi connectivity index (χ3n) is 11.8. The highest BCUT2D eigenvalue weighted by Gasteiger charge is 2.38. The van der Waals surface area contributed by atoms with Gasteiger partial charge in [-0.2, -0.15) is 0 Å². The molecule has 0 bridgehead atoms. The number of rotatable bonds is 2. The van der Waals surface area contributed by atoms with E-state index in [0.717, 1.165) is 22.5 Å². The Morgan fingerprint density at radius 3 is 1.28 bits per heavy atom. The minimum absolute atomic E-state index is 0.890. The van der Waals surface area contributed by atoms with Gasteiger partial charge in [0.1, 0.15) is 16.1 Å². The summed E-state index contributed by atoms with van der Waals surface area (Å²) in [5.74, 6) is 0. The van der Waals surface area contributed by atoms with Gasteiger partial charge < -0.3 is 9.13 Å². The van der Waals surface area contributed by atoms with Gasteiger partial charge in [-0.1, -0.05) is 123 Å². The van der Waals surface area contributed by atoms with Gasteiger partial charge >= 0.3 is 0 Å². The predicted molar refractivity (Wildman–Crippen MR) is 215 cm³/mol. The van der Waals surface area contributed by atoms with Crippen molar-refractivity contribution in [2.75, 3.05) is 0 Å². The zero-order chi connectivity index (χ0) is 33.5. The smallest absolute Gasteiger partial charge is 0.117 e. The van der Waals surface area contributed by atoms with Gasteiger partial charge in [0.25, 0.3) is 0 Å². The maximum atomic E-state index is 5.05. The molecule has 0 aliphatic carbocycles. The van der Waals surface area contributed by atoms with E-state index in [-0.39, 0.29) is 0 Å². The van der Waals surface area contributed by atoms with Crippen LogP contribution in [-0.2, 0) is 0 Å². The molecule has 50 heavy (non-hydrogen) atoms. The first-order valence-electron chi connectivity index (χ1n) is 17.5. The Kier molecular flexibility index (Phi) is 5.41. The molecule has 0 radical (unpaired) electrons. The molecular weight excluding hydrogens is 641 g/mol. The lowest BCUT2D eigenvalue weighted by molar-refractivity contribution is 1.17. The van der Waals surface area contributed by atoms with E-state index in [1.807, 2.05) is 12.4 Å². The number of benzene rings is 6. The van der Waals surface area contributed by atoms with Crippen LogP contribution in [0.25, 0.3) is 77.5 Å². The number of nitrogens with zero attached hydrogens (tertiary/aromatic N) is 4. The molecule has 5 heterocycles. The highest BCUT2D eigenvalue weighted by Crippen LogP contribution is 2.38. The average molecular weight is 675 g/mol. The minimum atomic E-state index is -1.93. The Morgan fingerprint density at radius 2 is 0.840 bits per heavy atom. The van der Waals surface area contributed by atoms with Crippen molar-refractivity contribution in [2.45, 2.75) is 26.2 Å². The van der Waals surface area contributed by atoms with Gasteiger partial charge in [-0.3, -0.25) is 9.97 Å². The van der Waals surface area contributed by atoms with Gasteiger partial charge in [0.05, 0.1) is 45.8 Å². The first kappa shape index (κ1) is 28.3. The first-order chi connectivity index (χ1) is 24.3. The predicted octanol–water partition coefficient (Wildman–Crippen LogP) is 8.28. The Bertz CT molecular complexity index is 2730. The second-order valence-electron chi connectivity index (χ2n) is 15.1. The van der Waals surface area contributed by atoms with Crippen LogP contribution in [-0.4, -0.2) is 35.2 Å². The van der Waals surface area contributed by atoms with E-state index in [4.69, 9.17) is 9.97 Å². The molecule has 2 aliphatic heterocycles. The summed E-state index contributed by atoms with van der Waals surface area (Å²) in [4.78, 5) is 10.1.